The predicted octanol–water partition coefficient (Wildman–Crippen LogP) is 5.28. The minimum Gasteiger partial charge on any atom is -0.339 e. The molecule has 0 saturated carbocycles. The molecule has 0 radical (unpaired) electrons. The second kappa shape index (κ2) is 9.55. The van der Waals surface area contributed by atoms with Crippen LogP contribution in [0.5, 0.6) is 0 Å². The first-order valence-electron chi connectivity index (χ1n) is 9.39. The standard InChI is InChI=1S/C22H17ClN4O3S/c23-15-5-7-16(8-6-15)24-22(29)17-3-1-2-4-18(17)25-19(28)9-10-20-26-21(27-30-20)14-11-12-31-13-14/h1-8,11-13H,9-10H2,(H,24,29)(H,25,28). The van der Waals surface area contributed by atoms with E-state index in [9.17, 15) is 9.59 Å². The van der Waals surface area contributed by atoms with Crippen LogP contribution in [0.25, 0.3) is 11.4 Å². The summed E-state index contributed by atoms with van der Waals surface area (Å²) in [6.45, 7) is 0. The fourth-order valence-corrected chi connectivity index (χ4v) is 3.58. The average Bonchev–Trinajstić information content (AvgIpc) is 3.46. The summed E-state index contributed by atoms with van der Waals surface area (Å²) in [4.78, 5) is 29.4. The number of halogens is 1. The van der Waals surface area contributed by atoms with Crippen molar-refractivity contribution in [2.75, 3.05) is 10.6 Å². The molecule has 0 aliphatic rings. The first-order valence-corrected chi connectivity index (χ1v) is 10.7. The van der Waals surface area contributed by atoms with Gasteiger partial charge in [0, 0.05) is 34.5 Å². The summed E-state index contributed by atoms with van der Waals surface area (Å²) in [6.07, 6.45) is 0.431. The lowest BCUT2D eigenvalue weighted by Crippen LogP contribution is -2.18. The van der Waals surface area contributed by atoms with Crippen LogP contribution in [0.2, 0.25) is 5.02 Å². The van der Waals surface area contributed by atoms with Gasteiger partial charge in [-0.25, -0.2) is 0 Å². The van der Waals surface area contributed by atoms with Crippen LogP contribution in [0, 0.1) is 0 Å². The van der Waals surface area contributed by atoms with Crippen molar-refractivity contribution < 1.29 is 14.1 Å². The molecule has 9 heteroatoms. The largest absolute Gasteiger partial charge is 0.339 e. The Morgan fingerprint density at radius 2 is 1.84 bits per heavy atom. The van der Waals surface area contributed by atoms with E-state index in [0.717, 1.165) is 5.56 Å². The number of nitrogens with zero attached hydrogens (tertiary/aromatic N) is 2. The molecule has 156 valence electrons. The third kappa shape index (κ3) is 5.36. The van der Waals surface area contributed by atoms with Gasteiger partial charge in [-0.05, 0) is 47.8 Å². The number of aryl methyl sites for hydroxylation is 1. The number of benzene rings is 2. The molecule has 2 aromatic heterocycles. The van der Waals surface area contributed by atoms with Crippen LogP contribution in [0.15, 0.2) is 69.9 Å². The van der Waals surface area contributed by atoms with E-state index in [1.807, 2.05) is 16.8 Å². The first kappa shape index (κ1) is 20.8. The minimum absolute atomic E-state index is 0.137. The zero-order chi connectivity index (χ0) is 21.6. The van der Waals surface area contributed by atoms with Gasteiger partial charge in [-0.1, -0.05) is 28.9 Å². The Hall–Kier alpha value is -3.49. The van der Waals surface area contributed by atoms with Crippen molar-refractivity contribution in [3.8, 4) is 11.4 Å². The molecule has 0 saturated heterocycles. The molecule has 31 heavy (non-hydrogen) atoms. The lowest BCUT2D eigenvalue weighted by atomic mass is 10.1. The average molecular weight is 453 g/mol. The number of para-hydroxylation sites is 1. The first-order chi connectivity index (χ1) is 15.1. The maximum Gasteiger partial charge on any atom is 0.257 e. The fourth-order valence-electron chi connectivity index (χ4n) is 2.82. The molecule has 0 aliphatic carbocycles. The lowest BCUT2D eigenvalue weighted by Gasteiger charge is -2.11. The van der Waals surface area contributed by atoms with Crippen molar-refractivity contribution in [3.05, 3.63) is 81.8 Å². The molecule has 0 fully saturated rings. The molecule has 2 heterocycles. The number of nitrogens with one attached hydrogen (secondary N) is 2. The Balaban J connectivity index is 1.37. The molecule has 4 rings (SSSR count). The number of aromatic nitrogens is 2. The quantitative estimate of drug-likeness (QED) is 0.398. The summed E-state index contributed by atoms with van der Waals surface area (Å²) < 4.78 is 5.22. The van der Waals surface area contributed by atoms with Crippen molar-refractivity contribution in [2.45, 2.75) is 12.8 Å². The van der Waals surface area contributed by atoms with Crippen LogP contribution < -0.4 is 10.6 Å². The van der Waals surface area contributed by atoms with E-state index < -0.39 is 0 Å². The van der Waals surface area contributed by atoms with E-state index >= 15 is 0 Å². The van der Waals surface area contributed by atoms with E-state index in [0.29, 0.717) is 40.1 Å². The Bertz CT molecular complexity index is 1190. The molecule has 0 aliphatic heterocycles. The topological polar surface area (TPSA) is 97.1 Å². The maximum absolute atomic E-state index is 12.7. The number of rotatable bonds is 7. The summed E-state index contributed by atoms with van der Waals surface area (Å²) in [7, 11) is 0. The number of thiophene rings is 1. The molecule has 7 nitrogen and oxygen atoms in total. The second-order valence-electron chi connectivity index (χ2n) is 6.58. The summed E-state index contributed by atoms with van der Waals surface area (Å²) in [5.41, 5.74) is 2.25. The highest BCUT2D eigenvalue weighted by Gasteiger charge is 2.15. The van der Waals surface area contributed by atoms with Crippen molar-refractivity contribution in [3.63, 3.8) is 0 Å². The highest BCUT2D eigenvalue weighted by Crippen LogP contribution is 2.21. The number of amides is 2. The van der Waals surface area contributed by atoms with Crippen molar-refractivity contribution in [1.82, 2.24) is 10.1 Å². The van der Waals surface area contributed by atoms with Gasteiger partial charge in [0.2, 0.25) is 17.6 Å². The van der Waals surface area contributed by atoms with Gasteiger partial charge in [0.1, 0.15) is 0 Å². The van der Waals surface area contributed by atoms with E-state index in [1.54, 1.807) is 59.9 Å². The van der Waals surface area contributed by atoms with Gasteiger partial charge in [-0.3, -0.25) is 9.59 Å². The normalized spacial score (nSPS) is 10.6. The van der Waals surface area contributed by atoms with E-state index in [1.165, 1.54) is 0 Å². The van der Waals surface area contributed by atoms with Gasteiger partial charge in [-0.15, -0.1) is 0 Å². The molecule has 4 aromatic rings. The van der Waals surface area contributed by atoms with Crippen molar-refractivity contribution in [1.29, 1.82) is 0 Å². The number of anilines is 2. The second-order valence-corrected chi connectivity index (χ2v) is 7.79. The number of hydrogen-bond acceptors (Lipinski definition) is 6. The molecule has 0 bridgehead atoms. The van der Waals surface area contributed by atoms with Crippen LogP contribution in [-0.4, -0.2) is 22.0 Å². The van der Waals surface area contributed by atoms with Crippen LogP contribution in [-0.2, 0) is 11.2 Å². The Labute approximate surface area is 187 Å². The SMILES string of the molecule is O=C(CCc1nc(-c2ccsc2)no1)Nc1ccccc1C(=O)Nc1ccc(Cl)cc1. The summed E-state index contributed by atoms with van der Waals surface area (Å²) in [5.74, 6) is 0.281. The monoisotopic (exact) mass is 452 g/mol. The molecular formula is C22H17ClN4O3S. The zero-order valence-electron chi connectivity index (χ0n) is 16.2. The molecule has 2 amide bonds. The van der Waals surface area contributed by atoms with Gasteiger partial charge < -0.3 is 15.2 Å². The van der Waals surface area contributed by atoms with Crippen LogP contribution in [0.4, 0.5) is 11.4 Å². The van der Waals surface area contributed by atoms with Crippen molar-refractivity contribution >= 4 is 46.1 Å². The van der Waals surface area contributed by atoms with Crippen LogP contribution >= 0.6 is 22.9 Å². The number of hydrogen-bond donors (Lipinski definition) is 2. The summed E-state index contributed by atoms with van der Waals surface area (Å²) in [6, 6.07) is 15.5. The van der Waals surface area contributed by atoms with Crippen molar-refractivity contribution in [2.24, 2.45) is 0 Å². The lowest BCUT2D eigenvalue weighted by molar-refractivity contribution is -0.116. The van der Waals surface area contributed by atoms with Crippen LogP contribution in [0.1, 0.15) is 22.7 Å². The molecule has 0 spiro atoms. The summed E-state index contributed by atoms with van der Waals surface area (Å²) >= 11 is 7.42. The summed E-state index contributed by atoms with van der Waals surface area (Å²) in [5, 5.41) is 13.9. The van der Waals surface area contributed by atoms with Gasteiger partial charge >= 0.3 is 0 Å². The molecule has 0 atom stereocenters. The van der Waals surface area contributed by atoms with E-state index in [-0.39, 0.29) is 18.2 Å². The number of carbonyl (C=O) groups excluding carboxylic acids is 2. The Morgan fingerprint density at radius 3 is 2.61 bits per heavy atom. The molecular weight excluding hydrogens is 436 g/mol. The molecule has 2 N–H and O–H groups in total. The van der Waals surface area contributed by atoms with Gasteiger partial charge in [-0.2, -0.15) is 16.3 Å². The van der Waals surface area contributed by atoms with Gasteiger partial charge in [0.25, 0.3) is 5.91 Å². The molecule has 0 unspecified atom stereocenters. The number of carbonyl (C=O) groups is 2. The highest BCUT2D eigenvalue weighted by molar-refractivity contribution is 7.08. The van der Waals surface area contributed by atoms with Crippen LogP contribution in [0.3, 0.4) is 0 Å². The van der Waals surface area contributed by atoms with E-state index in [4.69, 9.17) is 16.1 Å². The molecule has 2 aromatic carbocycles. The van der Waals surface area contributed by atoms with Gasteiger partial charge in [0.05, 0.1) is 11.3 Å². The third-order valence-electron chi connectivity index (χ3n) is 4.36. The third-order valence-corrected chi connectivity index (χ3v) is 5.30. The zero-order valence-corrected chi connectivity index (χ0v) is 17.7. The van der Waals surface area contributed by atoms with E-state index in [2.05, 4.69) is 20.8 Å². The smallest absolute Gasteiger partial charge is 0.257 e. The predicted molar refractivity (Wildman–Crippen MR) is 120 cm³/mol. The minimum atomic E-state index is -0.337. The Morgan fingerprint density at radius 1 is 1.03 bits per heavy atom. The van der Waals surface area contributed by atoms with Gasteiger partial charge in [0.15, 0.2) is 0 Å². The fraction of sp³-hybridized carbons (Fsp3) is 0.0909. The Kier molecular flexibility index (Phi) is 6.40. The maximum atomic E-state index is 12.7. The highest BCUT2D eigenvalue weighted by atomic mass is 35.5.